The number of rotatable bonds is 1. The molecule has 0 aliphatic rings. The van der Waals surface area contributed by atoms with Gasteiger partial charge in [0.25, 0.3) is 0 Å². The molecule has 0 saturated heterocycles. The predicted molar refractivity (Wildman–Crippen MR) is 68.1 cm³/mol. The number of hydrogen-bond acceptors (Lipinski definition) is 0. The van der Waals surface area contributed by atoms with E-state index in [1.165, 1.54) is 24.1 Å². The summed E-state index contributed by atoms with van der Waals surface area (Å²) in [4.78, 5) is 0. The molecule has 0 heterocycles. The second-order valence-corrected chi connectivity index (χ2v) is 3.46. The Labute approximate surface area is 91.8 Å². The van der Waals surface area contributed by atoms with E-state index in [0.29, 0.717) is 5.92 Å². The number of aryl methyl sites for hydroxylation is 2. The first-order valence-electron chi connectivity index (χ1n) is 6.19. The largest absolute Gasteiger partial charge is 0.0776 e. The molecule has 1 aromatic carbocycles. The van der Waals surface area contributed by atoms with E-state index in [9.17, 15) is 0 Å². The second-order valence-electron chi connectivity index (χ2n) is 3.46. The Balaban J connectivity index is 0. The molecule has 0 N–H and O–H groups in total. The lowest BCUT2D eigenvalue weighted by molar-refractivity contribution is 0.846. The fraction of sp³-hybridized carbons (Fsp3) is 0.571. The fourth-order valence-electron chi connectivity index (χ4n) is 1.74. The maximum absolute atomic E-state index is 5.75. The summed E-state index contributed by atoms with van der Waals surface area (Å²) in [6.45, 7) is 12.9. The van der Waals surface area contributed by atoms with Gasteiger partial charge in [-0.25, -0.2) is 0 Å². The van der Waals surface area contributed by atoms with Crippen LogP contribution >= 0.6 is 0 Å². The van der Waals surface area contributed by atoms with Crippen LogP contribution in [0.4, 0.5) is 0 Å². The van der Waals surface area contributed by atoms with Gasteiger partial charge in [-0.2, -0.15) is 0 Å². The van der Waals surface area contributed by atoms with Crippen LogP contribution in [0.2, 0.25) is 0 Å². The van der Waals surface area contributed by atoms with Crippen molar-refractivity contribution >= 4 is 0 Å². The Hall–Kier alpha value is -0.780. The van der Waals surface area contributed by atoms with Gasteiger partial charge < -0.3 is 0 Å². The third kappa shape index (κ3) is 3.95. The van der Waals surface area contributed by atoms with Crippen molar-refractivity contribution in [3.63, 3.8) is 0 Å². The lowest BCUT2D eigenvalue weighted by Gasteiger charge is -2.12. The maximum Gasteiger partial charge on any atom is 0.0194 e. The van der Waals surface area contributed by atoms with Crippen molar-refractivity contribution in [3.8, 4) is 0 Å². The highest BCUT2D eigenvalue weighted by Crippen LogP contribution is 2.22. The van der Waals surface area contributed by atoms with E-state index in [1.54, 1.807) is 0 Å². The summed E-state index contributed by atoms with van der Waals surface area (Å²) >= 11 is 0. The van der Waals surface area contributed by atoms with Crippen LogP contribution in [0.15, 0.2) is 18.2 Å². The molecule has 14 heavy (non-hydrogen) atoms. The first-order chi connectivity index (χ1) is 7.13. The van der Waals surface area contributed by atoms with Gasteiger partial charge in [0.1, 0.15) is 0 Å². The van der Waals surface area contributed by atoms with Gasteiger partial charge in [0, 0.05) is 1.37 Å². The highest BCUT2D eigenvalue weighted by Gasteiger charge is 2.04. The first-order valence-corrected chi connectivity index (χ1v) is 5.19. The average Bonchev–Trinajstić information content (AvgIpc) is 2.23. The van der Waals surface area contributed by atoms with Crippen LogP contribution in [0.25, 0.3) is 0 Å². The van der Waals surface area contributed by atoms with Gasteiger partial charge in [-0.3, -0.25) is 0 Å². The van der Waals surface area contributed by atoms with Gasteiger partial charge in [-0.05, 0) is 36.5 Å². The van der Waals surface area contributed by atoms with E-state index < -0.39 is 0 Å². The standard InChI is InChI=1S/C11H16.C2H6.CH4/c1-8(2)11-9(3)6-5-7-10(11)4;1-2;/h5-8H,1-4H3;1-2H3;1H4/i;;1D. The van der Waals surface area contributed by atoms with Crippen molar-refractivity contribution in [1.29, 1.82) is 0 Å². The van der Waals surface area contributed by atoms with Gasteiger partial charge in [-0.1, -0.05) is 53.3 Å². The lowest BCUT2D eigenvalue weighted by Crippen LogP contribution is -1.94. The van der Waals surface area contributed by atoms with Crippen LogP contribution in [-0.2, 0) is 0 Å². The van der Waals surface area contributed by atoms with E-state index in [4.69, 9.17) is 1.37 Å². The van der Waals surface area contributed by atoms with Crippen LogP contribution in [0.5, 0.6) is 0 Å². The zero-order chi connectivity index (χ0) is 12.4. The molecule has 1 aromatic rings. The Bertz CT molecular complexity index is 231. The minimum atomic E-state index is 0.649. The van der Waals surface area contributed by atoms with Crippen LogP contribution < -0.4 is 0 Å². The van der Waals surface area contributed by atoms with Gasteiger partial charge >= 0.3 is 0 Å². The topological polar surface area (TPSA) is 0 Å². The van der Waals surface area contributed by atoms with Crippen molar-refractivity contribution in [2.45, 2.75) is 54.9 Å². The summed E-state index contributed by atoms with van der Waals surface area (Å²) in [5.74, 6) is 0.649. The molecule has 0 fully saturated rings. The van der Waals surface area contributed by atoms with E-state index >= 15 is 0 Å². The molecule has 0 amide bonds. The molecular weight excluding hydrogens is 168 g/mol. The maximum atomic E-state index is 5.75. The SMILES string of the molecule is CC.Cc1cccc(C)c1C(C)C.[2H]C. The minimum Gasteiger partial charge on any atom is -0.0776 e. The van der Waals surface area contributed by atoms with Crippen molar-refractivity contribution < 1.29 is 1.37 Å². The summed E-state index contributed by atoms with van der Waals surface area (Å²) in [7, 11) is 1.25. The zero-order valence-corrected chi connectivity index (χ0v) is 10.8. The first kappa shape index (κ1) is 13.2. The quantitative estimate of drug-likeness (QED) is 0.585. The van der Waals surface area contributed by atoms with E-state index in [1.807, 2.05) is 13.8 Å². The molecule has 0 aliphatic heterocycles. The third-order valence-corrected chi connectivity index (χ3v) is 2.12. The molecule has 0 nitrogen and oxygen atoms in total. The fourth-order valence-corrected chi connectivity index (χ4v) is 1.74. The predicted octanol–water partition coefficient (Wildman–Crippen LogP) is 5.09. The van der Waals surface area contributed by atoms with Crippen molar-refractivity contribution in [1.82, 2.24) is 0 Å². The molecule has 0 heteroatoms. The molecule has 0 saturated carbocycles. The van der Waals surface area contributed by atoms with E-state index in [0.717, 1.165) is 0 Å². The van der Waals surface area contributed by atoms with Crippen molar-refractivity contribution in [2.75, 3.05) is 0 Å². The average molecular weight is 195 g/mol. The smallest absolute Gasteiger partial charge is 0.0194 e. The van der Waals surface area contributed by atoms with Gasteiger partial charge in [0.15, 0.2) is 0 Å². The van der Waals surface area contributed by atoms with Crippen LogP contribution in [0, 0.1) is 13.8 Å². The molecular formula is C14H26. The molecule has 0 aromatic heterocycles. The lowest BCUT2D eigenvalue weighted by atomic mass is 9.94. The van der Waals surface area contributed by atoms with Gasteiger partial charge in [0.2, 0.25) is 0 Å². The minimum absolute atomic E-state index is 0.649. The van der Waals surface area contributed by atoms with Gasteiger partial charge in [-0.15, -0.1) is 0 Å². The monoisotopic (exact) mass is 195 g/mol. The second kappa shape index (κ2) is 7.61. The summed E-state index contributed by atoms with van der Waals surface area (Å²) in [5, 5.41) is 0. The van der Waals surface area contributed by atoms with Crippen LogP contribution in [0.1, 0.15) is 59.1 Å². The Kier molecular flexibility index (Phi) is 7.18. The van der Waals surface area contributed by atoms with Crippen molar-refractivity contribution in [3.05, 3.63) is 34.9 Å². The molecule has 0 spiro atoms. The molecule has 0 aliphatic carbocycles. The Morgan fingerprint density at radius 2 is 1.43 bits per heavy atom. The number of hydrogen-bond donors (Lipinski definition) is 0. The van der Waals surface area contributed by atoms with E-state index in [-0.39, 0.29) is 0 Å². The van der Waals surface area contributed by atoms with Crippen molar-refractivity contribution in [2.24, 2.45) is 0 Å². The van der Waals surface area contributed by atoms with E-state index in [2.05, 4.69) is 45.9 Å². The molecule has 0 atom stereocenters. The molecule has 1 rings (SSSR count). The van der Waals surface area contributed by atoms with Crippen LogP contribution in [-0.4, -0.2) is 0 Å². The summed E-state index contributed by atoms with van der Waals surface area (Å²) in [6.07, 6.45) is 0. The Morgan fingerprint density at radius 3 is 1.64 bits per heavy atom. The summed E-state index contributed by atoms with van der Waals surface area (Å²) in [6, 6.07) is 6.49. The molecule has 0 bridgehead atoms. The molecule has 0 unspecified atom stereocenters. The Morgan fingerprint density at radius 1 is 1.07 bits per heavy atom. The highest BCUT2D eigenvalue weighted by atomic mass is 14.1. The number of benzene rings is 1. The van der Waals surface area contributed by atoms with Crippen LogP contribution in [0.3, 0.4) is 0 Å². The molecule has 0 radical (unpaired) electrons. The molecule has 82 valence electrons. The zero-order valence-electron chi connectivity index (χ0n) is 11.8. The highest BCUT2D eigenvalue weighted by molar-refractivity contribution is 5.35. The third-order valence-electron chi connectivity index (χ3n) is 2.12. The van der Waals surface area contributed by atoms with Gasteiger partial charge in [0.05, 0.1) is 0 Å². The normalized spacial score (nSPS) is 9.29. The summed E-state index contributed by atoms with van der Waals surface area (Å²) < 4.78 is 5.75. The summed E-state index contributed by atoms with van der Waals surface area (Å²) in [5.41, 5.74) is 4.34.